The van der Waals surface area contributed by atoms with Gasteiger partial charge in [0.05, 0.1) is 5.56 Å². The first kappa shape index (κ1) is 16.4. The van der Waals surface area contributed by atoms with Crippen LogP contribution in [0.4, 0.5) is 10.1 Å². The number of benzene rings is 1. The van der Waals surface area contributed by atoms with Crippen molar-refractivity contribution in [1.29, 1.82) is 0 Å². The lowest BCUT2D eigenvalue weighted by Crippen LogP contribution is -2.28. The Hall–Kier alpha value is -1.95. The van der Waals surface area contributed by atoms with E-state index in [0.717, 1.165) is 19.3 Å². The molecule has 1 saturated carbocycles. The fourth-order valence-electron chi connectivity index (χ4n) is 2.78. The van der Waals surface area contributed by atoms with Gasteiger partial charge in [-0.05, 0) is 37.0 Å². The molecule has 1 aliphatic carbocycles. The number of nitrogens with two attached hydrogens (primary N) is 1. The van der Waals surface area contributed by atoms with Crippen molar-refractivity contribution >= 4 is 17.5 Å². The van der Waals surface area contributed by atoms with Crippen molar-refractivity contribution in [1.82, 2.24) is 4.90 Å². The Bertz CT molecular complexity index is 575. The molecule has 6 heteroatoms. The molecule has 1 aromatic carbocycles. The molecule has 2 rings (SSSR count). The highest BCUT2D eigenvalue weighted by Crippen LogP contribution is 2.27. The molecule has 22 heavy (non-hydrogen) atoms. The fraction of sp³-hybridized carbons (Fsp3) is 0.500. The van der Waals surface area contributed by atoms with Gasteiger partial charge in [-0.25, -0.2) is 4.39 Å². The number of rotatable bonds is 4. The second-order valence-electron chi connectivity index (χ2n) is 6.00. The molecule has 0 aromatic heterocycles. The van der Waals surface area contributed by atoms with Crippen LogP contribution in [0.1, 0.15) is 36.0 Å². The number of nitrogens with zero attached hydrogens (tertiary/aromatic N) is 1. The Morgan fingerprint density at radius 2 is 2.09 bits per heavy atom. The molecule has 1 aliphatic rings. The molecule has 3 N–H and O–H groups in total. The van der Waals surface area contributed by atoms with Gasteiger partial charge in [-0.3, -0.25) is 9.59 Å². The van der Waals surface area contributed by atoms with Gasteiger partial charge in [0, 0.05) is 32.2 Å². The van der Waals surface area contributed by atoms with E-state index in [0.29, 0.717) is 12.1 Å². The third-order valence-electron chi connectivity index (χ3n) is 4.05. The highest BCUT2D eigenvalue weighted by molar-refractivity contribution is 5.97. The van der Waals surface area contributed by atoms with Crippen LogP contribution in [-0.2, 0) is 4.79 Å². The fourth-order valence-corrected chi connectivity index (χ4v) is 2.78. The first-order valence-corrected chi connectivity index (χ1v) is 7.45. The molecule has 0 aliphatic heterocycles. The molecular weight excluding hydrogens is 285 g/mol. The SMILES string of the molecule is CN(C)C(=O)c1cc(NC(=O)C[C@@H]2CCC[C@H]2N)ccc1F. The quantitative estimate of drug-likeness (QED) is 0.893. The number of amides is 2. The Morgan fingerprint density at radius 1 is 1.36 bits per heavy atom. The van der Waals surface area contributed by atoms with Gasteiger partial charge in [-0.15, -0.1) is 0 Å². The predicted octanol–water partition coefficient (Wildman–Crippen LogP) is 1.98. The Morgan fingerprint density at radius 3 is 2.68 bits per heavy atom. The normalized spacial score (nSPS) is 20.7. The average Bonchev–Trinajstić information content (AvgIpc) is 2.85. The molecule has 0 unspecified atom stereocenters. The van der Waals surface area contributed by atoms with Crippen molar-refractivity contribution in [2.24, 2.45) is 11.7 Å². The maximum atomic E-state index is 13.7. The number of carbonyl (C=O) groups excluding carboxylic acids is 2. The summed E-state index contributed by atoms with van der Waals surface area (Å²) in [6.45, 7) is 0. The minimum atomic E-state index is -0.602. The number of nitrogens with one attached hydrogen (secondary N) is 1. The molecule has 2 atom stereocenters. The van der Waals surface area contributed by atoms with Crippen molar-refractivity contribution in [2.75, 3.05) is 19.4 Å². The summed E-state index contributed by atoms with van der Waals surface area (Å²) < 4.78 is 13.7. The maximum absolute atomic E-state index is 13.7. The molecule has 1 aromatic rings. The molecule has 0 bridgehead atoms. The smallest absolute Gasteiger partial charge is 0.256 e. The minimum Gasteiger partial charge on any atom is -0.345 e. The van der Waals surface area contributed by atoms with Gasteiger partial charge in [-0.1, -0.05) is 6.42 Å². The van der Waals surface area contributed by atoms with Crippen LogP contribution in [0, 0.1) is 11.7 Å². The van der Waals surface area contributed by atoms with Crippen LogP contribution in [0.5, 0.6) is 0 Å². The minimum absolute atomic E-state index is 0.0552. The van der Waals surface area contributed by atoms with E-state index in [4.69, 9.17) is 5.73 Å². The first-order chi connectivity index (χ1) is 10.4. The van der Waals surface area contributed by atoms with Crippen LogP contribution < -0.4 is 11.1 Å². The summed E-state index contributed by atoms with van der Waals surface area (Å²) in [4.78, 5) is 25.2. The molecule has 0 heterocycles. The first-order valence-electron chi connectivity index (χ1n) is 7.45. The van der Waals surface area contributed by atoms with E-state index in [-0.39, 0.29) is 23.4 Å². The van der Waals surface area contributed by atoms with Crippen LogP contribution in [-0.4, -0.2) is 36.9 Å². The van der Waals surface area contributed by atoms with E-state index in [1.165, 1.54) is 23.1 Å². The summed E-state index contributed by atoms with van der Waals surface area (Å²) in [5.74, 6) is -0.999. The van der Waals surface area contributed by atoms with Crippen molar-refractivity contribution < 1.29 is 14.0 Å². The van der Waals surface area contributed by atoms with Crippen LogP contribution in [0.15, 0.2) is 18.2 Å². The topological polar surface area (TPSA) is 75.4 Å². The second kappa shape index (κ2) is 6.87. The van der Waals surface area contributed by atoms with Gasteiger partial charge in [0.2, 0.25) is 5.91 Å². The van der Waals surface area contributed by atoms with Crippen molar-refractivity contribution in [2.45, 2.75) is 31.7 Å². The summed E-state index contributed by atoms with van der Waals surface area (Å²) in [6.07, 6.45) is 3.32. The Balaban J connectivity index is 2.05. The van der Waals surface area contributed by atoms with Gasteiger partial charge in [0.25, 0.3) is 5.91 Å². The van der Waals surface area contributed by atoms with E-state index in [1.807, 2.05) is 0 Å². The zero-order valence-electron chi connectivity index (χ0n) is 12.9. The summed E-state index contributed by atoms with van der Waals surface area (Å²) >= 11 is 0. The standard InChI is InChI=1S/C16H22FN3O2/c1-20(2)16(22)12-9-11(6-7-13(12)17)19-15(21)8-10-4-3-5-14(10)18/h6-7,9-10,14H,3-5,8,18H2,1-2H3,(H,19,21)/t10-,14+/m0/s1. The number of hydrogen-bond donors (Lipinski definition) is 2. The van der Waals surface area contributed by atoms with Crippen LogP contribution >= 0.6 is 0 Å². The number of anilines is 1. The number of halogens is 1. The van der Waals surface area contributed by atoms with Crippen LogP contribution in [0.25, 0.3) is 0 Å². The number of carbonyl (C=O) groups is 2. The van der Waals surface area contributed by atoms with E-state index in [9.17, 15) is 14.0 Å². The highest BCUT2D eigenvalue weighted by Gasteiger charge is 2.26. The van der Waals surface area contributed by atoms with E-state index >= 15 is 0 Å². The molecular formula is C16H22FN3O2. The van der Waals surface area contributed by atoms with Gasteiger partial charge in [0.15, 0.2) is 0 Å². The van der Waals surface area contributed by atoms with E-state index in [2.05, 4.69) is 5.32 Å². The molecule has 0 saturated heterocycles. The van der Waals surface area contributed by atoms with E-state index < -0.39 is 11.7 Å². The Kier molecular flexibility index (Phi) is 5.13. The highest BCUT2D eigenvalue weighted by atomic mass is 19.1. The Labute approximate surface area is 129 Å². The third kappa shape index (κ3) is 3.82. The van der Waals surface area contributed by atoms with Crippen molar-refractivity contribution in [3.63, 3.8) is 0 Å². The zero-order chi connectivity index (χ0) is 16.3. The van der Waals surface area contributed by atoms with Crippen LogP contribution in [0.2, 0.25) is 0 Å². The maximum Gasteiger partial charge on any atom is 0.256 e. The van der Waals surface area contributed by atoms with Gasteiger partial charge >= 0.3 is 0 Å². The lowest BCUT2D eigenvalue weighted by Gasteiger charge is -2.16. The summed E-state index contributed by atoms with van der Waals surface area (Å²) in [7, 11) is 3.10. The summed E-state index contributed by atoms with van der Waals surface area (Å²) in [5.41, 5.74) is 6.32. The number of hydrogen-bond acceptors (Lipinski definition) is 3. The van der Waals surface area contributed by atoms with Crippen molar-refractivity contribution in [3.05, 3.63) is 29.6 Å². The molecule has 5 nitrogen and oxygen atoms in total. The van der Waals surface area contributed by atoms with Gasteiger partial charge in [0.1, 0.15) is 5.82 Å². The monoisotopic (exact) mass is 307 g/mol. The lowest BCUT2D eigenvalue weighted by molar-refractivity contribution is -0.117. The molecule has 120 valence electrons. The molecule has 1 fully saturated rings. The van der Waals surface area contributed by atoms with Gasteiger partial charge < -0.3 is 16.0 Å². The van der Waals surface area contributed by atoms with Crippen LogP contribution in [0.3, 0.4) is 0 Å². The largest absolute Gasteiger partial charge is 0.345 e. The summed E-state index contributed by atoms with van der Waals surface area (Å²) in [5, 5.41) is 2.72. The average molecular weight is 307 g/mol. The molecule has 0 radical (unpaired) electrons. The third-order valence-corrected chi connectivity index (χ3v) is 4.05. The van der Waals surface area contributed by atoms with E-state index in [1.54, 1.807) is 14.1 Å². The zero-order valence-corrected chi connectivity index (χ0v) is 12.9. The van der Waals surface area contributed by atoms with Crippen molar-refractivity contribution in [3.8, 4) is 0 Å². The second-order valence-corrected chi connectivity index (χ2v) is 6.00. The van der Waals surface area contributed by atoms with Gasteiger partial charge in [-0.2, -0.15) is 0 Å². The molecule has 0 spiro atoms. The lowest BCUT2D eigenvalue weighted by atomic mass is 10.00. The molecule has 2 amide bonds. The summed E-state index contributed by atoms with van der Waals surface area (Å²) in [6, 6.07) is 4.08. The predicted molar refractivity (Wildman–Crippen MR) is 83.0 cm³/mol.